The minimum Gasteiger partial charge on any atom is -0.353 e. The van der Waals surface area contributed by atoms with Gasteiger partial charge in [0.1, 0.15) is 11.0 Å². The zero-order chi connectivity index (χ0) is 20.5. The molecule has 30 heavy (non-hydrogen) atoms. The Morgan fingerprint density at radius 3 is 2.47 bits per heavy atom. The molecular weight excluding hydrogens is 416 g/mol. The average molecular weight is 435 g/mol. The Hall–Kier alpha value is -2.83. The molecule has 0 saturated carbocycles. The van der Waals surface area contributed by atoms with Gasteiger partial charge in [-0.1, -0.05) is 54.1 Å². The quantitative estimate of drug-likeness (QED) is 0.433. The molecule has 0 aliphatic carbocycles. The first-order valence-corrected chi connectivity index (χ1v) is 11.0. The molecule has 1 saturated heterocycles. The summed E-state index contributed by atoms with van der Waals surface area (Å²) < 4.78 is 0. The summed E-state index contributed by atoms with van der Waals surface area (Å²) in [7, 11) is 0. The van der Waals surface area contributed by atoms with E-state index in [2.05, 4.69) is 44.0 Å². The van der Waals surface area contributed by atoms with Crippen molar-refractivity contribution < 1.29 is 4.79 Å². The van der Waals surface area contributed by atoms with Gasteiger partial charge in [0.25, 0.3) is 5.91 Å². The fourth-order valence-corrected chi connectivity index (χ4v) is 4.81. The van der Waals surface area contributed by atoms with Crippen molar-refractivity contribution in [3.05, 3.63) is 76.3 Å². The number of halogens is 1. The van der Waals surface area contributed by atoms with Crippen molar-refractivity contribution in [2.75, 3.05) is 31.1 Å². The van der Waals surface area contributed by atoms with Crippen LogP contribution in [0.4, 0.5) is 5.82 Å². The van der Waals surface area contributed by atoms with Gasteiger partial charge in [-0.2, -0.15) is 4.99 Å². The highest BCUT2D eigenvalue weighted by Gasteiger charge is 2.28. The summed E-state index contributed by atoms with van der Waals surface area (Å²) in [6.07, 6.45) is 1.93. The van der Waals surface area contributed by atoms with Crippen LogP contribution in [-0.2, 0) is 4.79 Å². The lowest BCUT2D eigenvalue weighted by atomic mass is 10.1. The van der Waals surface area contributed by atoms with Crippen LogP contribution < -0.4 is 4.90 Å². The third-order valence-electron chi connectivity index (χ3n) is 5.26. The van der Waals surface area contributed by atoms with E-state index in [4.69, 9.17) is 11.6 Å². The number of hydrogen-bond acceptors (Lipinski definition) is 5. The second kappa shape index (κ2) is 8.13. The largest absolute Gasteiger partial charge is 0.353 e. The highest BCUT2D eigenvalue weighted by molar-refractivity contribution is 8.18. The summed E-state index contributed by atoms with van der Waals surface area (Å²) in [5.74, 6) is 0.721. The maximum atomic E-state index is 12.5. The molecule has 2 aromatic carbocycles. The first-order chi connectivity index (χ1) is 14.7. The number of amides is 1. The van der Waals surface area contributed by atoms with E-state index in [-0.39, 0.29) is 5.91 Å². The molecule has 1 fully saturated rings. The van der Waals surface area contributed by atoms with Crippen LogP contribution in [0.3, 0.4) is 0 Å². The molecule has 0 radical (unpaired) electrons. The van der Waals surface area contributed by atoms with Crippen molar-refractivity contribution in [3.8, 4) is 0 Å². The predicted molar refractivity (Wildman–Crippen MR) is 125 cm³/mol. The van der Waals surface area contributed by atoms with Crippen LogP contribution in [0.2, 0.25) is 5.15 Å². The average Bonchev–Trinajstić information content (AvgIpc) is 3.14. The summed E-state index contributed by atoms with van der Waals surface area (Å²) in [6, 6.07) is 20.1. The molecule has 0 spiro atoms. The minimum absolute atomic E-state index is 0.165. The van der Waals surface area contributed by atoms with Gasteiger partial charge in [0.2, 0.25) is 0 Å². The Kier molecular flexibility index (Phi) is 5.19. The molecular formula is C23H19ClN4OS. The van der Waals surface area contributed by atoms with Gasteiger partial charge in [-0.15, -0.1) is 0 Å². The van der Waals surface area contributed by atoms with Gasteiger partial charge in [-0.25, -0.2) is 4.98 Å². The molecule has 1 amide bonds. The van der Waals surface area contributed by atoms with Crippen molar-refractivity contribution in [1.29, 1.82) is 0 Å². The highest BCUT2D eigenvalue weighted by atomic mass is 35.5. The molecule has 2 aliphatic rings. The van der Waals surface area contributed by atoms with Crippen LogP contribution in [-0.4, -0.2) is 47.1 Å². The maximum Gasteiger partial charge on any atom is 0.286 e. The van der Waals surface area contributed by atoms with Crippen LogP contribution in [0.5, 0.6) is 0 Å². The number of aromatic nitrogens is 1. The molecule has 0 atom stereocenters. The van der Waals surface area contributed by atoms with E-state index in [9.17, 15) is 4.79 Å². The Bertz CT molecular complexity index is 1180. The van der Waals surface area contributed by atoms with Crippen molar-refractivity contribution in [3.63, 3.8) is 0 Å². The van der Waals surface area contributed by atoms with Crippen LogP contribution in [0.1, 0.15) is 5.56 Å². The van der Waals surface area contributed by atoms with Crippen LogP contribution >= 0.6 is 23.4 Å². The van der Waals surface area contributed by atoms with E-state index in [1.165, 1.54) is 17.1 Å². The van der Waals surface area contributed by atoms with Crippen LogP contribution in [0.25, 0.3) is 16.8 Å². The molecule has 0 bridgehead atoms. The van der Waals surface area contributed by atoms with Gasteiger partial charge in [-0.05, 0) is 52.4 Å². The van der Waals surface area contributed by atoms with Crippen molar-refractivity contribution >= 4 is 57.1 Å². The van der Waals surface area contributed by atoms with E-state index in [0.29, 0.717) is 10.1 Å². The van der Waals surface area contributed by atoms with E-state index >= 15 is 0 Å². The number of aliphatic imine (C=N–C) groups is 1. The number of amidine groups is 1. The number of carbonyl (C=O) groups excluding carboxylic acids is 1. The summed E-state index contributed by atoms with van der Waals surface area (Å²) in [5.41, 5.74) is 1.01. The summed E-state index contributed by atoms with van der Waals surface area (Å²) in [4.78, 5) is 26.2. The molecule has 2 aliphatic heterocycles. The number of hydrogen-bond donors (Lipinski definition) is 0. The number of carbonyl (C=O) groups is 1. The second-order valence-electron chi connectivity index (χ2n) is 7.21. The summed E-state index contributed by atoms with van der Waals surface area (Å²) in [6.45, 7) is 3.20. The minimum atomic E-state index is -0.165. The van der Waals surface area contributed by atoms with E-state index in [1.54, 1.807) is 6.07 Å². The Morgan fingerprint density at radius 2 is 1.67 bits per heavy atom. The molecule has 0 N–H and O–H groups in total. The van der Waals surface area contributed by atoms with Crippen LogP contribution in [0, 0.1) is 0 Å². The fourth-order valence-electron chi connectivity index (χ4n) is 3.68. The third kappa shape index (κ3) is 3.93. The third-order valence-corrected chi connectivity index (χ3v) is 6.51. The second-order valence-corrected chi connectivity index (χ2v) is 8.61. The highest BCUT2D eigenvalue weighted by Crippen LogP contribution is 2.31. The lowest BCUT2D eigenvalue weighted by Gasteiger charge is -2.36. The molecule has 1 aromatic heterocycles. The van der Waals surface area contributed by atoms with Crippen LogP contribution in [0.15, 0.2) is 70.6 Å². The SMILES string of the molecule is O=C1N=C(N2CCN(c3cccc(Cl)n3)CC2)SC1=Cc1ccc2ccccc2c1. The number of nitrogens with zero attached hydrogens (tertiary/aromatic N) is 4. The smallest absolute Gasteiger partial charge is 0.286 e. The van der Waals surface area contributed by atoms with Gasteiger partial charge < -0.3 is 9.80 Å². The molecule has 7 heteroatoms. The van der Waals surface area contributed by atoms with Crippen molar-refractivity contribution in [2.24, 2.45) is 4.99 Å². The van der Waals surface area contributed by atoms with E-state index < -0.39 is 0 Å². The number of thioether (sulfide) groups is 1. The standard InChI is InChI=1S/C23H19ClN4OS/c24-20-6-3-7-21(25-20)27-10-12-28(13-11-27)23-26-22(29)19(30-23)15-16-8-9-17-4-1-2-5-18(17)14-16/h1-9,14-15H,10-13H2. The summed E-state index contributed by atoms with van der Waals surface area (Å²) >= 11 is 7.47. The number of piperazine rings is 1. The Balaban J connectivity index is 1.27. The number of anilines is 1. The normalized spacial score (nSPS) is 18.4. The maximum absolute atomic E-state index is 12.5. The van der Waals surface area contributed by atoms with Gasteiger partial charge >= 0.3 is 0 Å². The first kappa shape index (κ1) is 19.2. The predicted octanol–water partition coefficient (Wildman–Crippen LogP) is 4.68. The number of rotatable bonds is 2. The van der Waals surface area contributed by atoms with Gasteiger partial charge in [0.15, 0.2) is 5.17 Å². The summed E-state index contributed by atoms with van der Waals surface area (Å²) in [5, 5.41) is 3.63. The van der Waals surface area contributed by atoms with Crippen molar-refractivity contribution in [2.45, 2.75) is 0 Å². The number of fused-ring (bicyclic) bond motifs is 1. The zero-order valence-corrected chi connectivity index (χ0v) is 17.7. The molecule has 150 valence electrons. The van der Waals surface area contributed by atoms with E-state index in [0.717, 1.165) is 48.1 Å². The lowest BCUT2D eigenvalue weighted by molar-refractivity contribution is -0.113. The molecule has 3 aromatic rings. The first-order valence-electron chi connectivity index (χ1n) is 9.79. The zero-order valence-electron chi connectivity index (χ0n) is 16.2. The Morgan fingerprint density at radius 1 is 0.900 bits per heavy atom. The van der Waals surface area contributed by atoms with Gasteiger partial charge in [0.05, 0.1) is 4.91 Å². The van der Waals surface area contributed by atoms with Gasteiger partial charge in [-0.3, -0.25) is 4.79 Å². The van der Waals surface area contributed by atoms with Gasteiger partial charge in [0, 0.05) is 26.2 Å². The molecule has 3 heterocycles. The molecule has 5 rings (SSSR count). The Labute approximate surface area is 184 Å². The molecule has 5 nitrogen and oxygen atoms in total. The number of benzene rings is 2. The van der Waals surface area contributed by atoms with Crippen molar-refractivity contribution in [1.82, 2.24) is 9.88 Å². The lowest BCUT2D eigenvalue weighted by Crippen LogP contribution is -2.48. The molecule has 0 unspecified atom stereocenters. The number of pyridine rings is 1. The van der Waals surface area contributed by atoms with E-state index in [1.807, 2.05) is 36.4 Å². The monoisotopic (exact) mass is 434 g/mol. The topological polar surface area (TPSA) is 48.8 Å². The fraction of sp³-hybridized carbons (Fsp3) is 0.174.